The molecule has 1 amide bonds. The number of nitrogens with zero attached hydrogens (tertiary/aromatic N) is 1. The van der Waals surface area contributed by atoms with Gasteiger partial charge in [-0.25, -0.2) is 0 Å². The molecule has 1 aliphatic rings. The van der Waals surface area contributed by atoms with Gasteiger partial charge in [0.05, 0.1) is 6.04 Å². The van der Waals surface area contributed by atoms with Crippen molar-refractivity contribution < 1.29 is 14.7 Å². The SMILES string of the molecule is CCCCC1=NC(=O)C(C(=O)O)C(c2ccccc2)N1. The van der Waals surface area contributed by atoms with Crippen molar-refractivity contribution in [3.05, 3.63) is 35.9 Å². The lowest BCUT2D eigenvalue weighted by Gasteiger charge is -2.29. The maximum absolute atomic E-state index is 12.0. The smallest absolute Gasteiger partial charge is 0.318 e. The van der Waals surface area contributed by atoms with Crippen LogP contribution in [0.1, 0.15) is 37.8 Å². The van der Waals surface area contributed by atoms with Crippen molar-refractivity contribution in [2.45, 2.75) is 32.2 Å². The molecule has 20 heavy (non-hydrogen) atoms. The first-order valence-electron chi connectivity index (χ1n) is 6.79. The summed E-state index contributed by atoms with van der Waals surface area (Å²) in [6.07, 6.45) is 2.57. The van der Waals surface area contributed by atoms with Crippen molar-refractivity contribution >= 4 is 17.7 Å². The summed E-state index contributed by atoms with van der Waals surface area (Å²) in [6.45, 7) is 2.06. The standard InChI is InChI=1S/C15H18N2O3/c1-2-3-9-11-16-13(10-7-5-4-6-8-10)12(15(19)20)14(18)17-11/h4-8,12-13H,2-3,9H2,1H3,(H,19,20)(H,16,17,18). The third kappa shape index (κ3) is 3.04. The molecule has 0 aromatic heterocycles. The van der Waals surface area contributed by atoms with Gasteiger partial charge in [0.1, 0.15) is 5.84 Å². The molecule has 1 aliphatic heterocycles. The average molecular weight is 274 g/mol. The first kappa shape index (κ1) is 14.2. The van der Waals surface area contributed by atoms with Gasteiger partial charge in [-0.3, -0.25) is 9.59 Å². The molecule has 1 aromatic rings. The summed E-state index contributed by atoms with van der Waals surface area (Å²) >= 11 is 0. The molecular formula is C15H18N2O3. The van der Waals surface area contributed by atoms with Crippen LogP contribution in [-0.4, -0.2) is 22.8 Å². The zero-order valence-corrected chi connectivity index (χ0v) is 11.4. The molecular weight excluding hydrogens is 256 g/mol. The van der Waals surface area contributed by atoms with E-state index in [2.05, 4.69) is 17.2 Å². The second-order valence-corrected chi connectivity index (χ2v) is 4.85. The fourth-order valence-corrected chi connectivity index (χ4v) is 2.30. The number of amides is 1. The summed E-state index contributed by atoms with van der Waals surface area (Å²) in [5, 5.41) is 12.4. The predicted molar refractivity (Wildman–Crippen MR) is 75.4 cm³/mol. The molecule has 0 aliphatic carbocycles. The summed E-state index contributed by atoms with van der Waals surface area (Å²) in [6, 6.07) is 8.62. The highest BCUT2D eigenvalue weighted by Crippen LogP contribution is 2.27. The van der Waals surface area contributed by atoms with E-state index in [1.165, 1.54) is 0 Å². The zero-order chi connectivity index (χ0) is 14.5. The molecule has 0 radical (unpaired) electrons. The third-order valence-corrected chi connectivity index (χ3v) is 3.36. The Bertz CT molecular complexity index is 525. The van der Waals surface area contributed by atoms with Crippen LogP contribution in [0.5, 0.6) is 0 Å². The molecule has 0 bridgehead atoms. The molecule has 1 aromatic carbocycles. The minimum absolute atomic E-state index is 0.550. The van der Waals surface area contributed by atoms with Crippen LogP contribution in [0.15, 0.2) is 35.3 Å². The van der Waals surface area contributed by atoms with Gasteiger partial charge in [0.25, 0.3) is 5.91 Å². The van der Waals surface area contributed by atoms with Gasteiger partial charge in [0, 0.05) is 6.42 Å². The summed E-state index contributed by atoms with van der Waals surface area (Å²) in [5.74, 6) is -2.29. The van der Waals surface area contributed by atoms with Crippen LogP contribution in [0.4, 0.5) is 0 Å². The van der Waals surface area contributed by atoms with Crippen molar-refractivity contribution in [3.8, 4) is 0 Å². The maximum atomic E-state index is 12.0. The number of carbonyl (C=O) groups excluding carboxylic acids is 1. The number of carboxylic acids is 1. The van der Waals surface area contributed by atoms with Crippen molar-refractivity contribution in [1.82, 2.24) is 5.32 Å². The van der Waals surface area contributed by atoms with Gasteiger partial charge < -0.3 is 10.4 Å². The Labute approximate surface area is 117 Å². The Kier molecular flexibility index (Phi) is 4.50. The molecule has 5 nitrogen and oxygen atoms in total. The van der Waals surface area contributed by atoms with Gasteiger partial charge in [-0.2, -0.15) is 4.99 Å². The van der Waals surface area contributed by atoms with Gasteiger partial charge in [0.2, 0.25) is 0 Å². The molecule has 0 spiro atoms. The summed E-state index contributed by atoms with van der Waals surface area (Å²) in [5.41, 5.74) is 0.789. The fourth-order valence-electron chi connectivity index (χ4n) is 2.30. The molecule has 2 unspecified atom stereocenters. The van der Waals surface area contributed by atoms with Crippen molar-refractivity contribution in [2.75, 3.05) is 0 Å². The monoisotopic (exact) mass is 274 g/mol. The number of carbonyl (C=O) groups is 2. The van der Waals surface area contributed by atoms with Crippen LogP contribution in [0.25, 0.3) is 0 Å². The van der Waals surface area contributed by atoms with E-state index in [0.29, 0.717) is 12.3 Å². The Morgan fingerprint density at radius 3 is 2.65 bits per heavy atom. The lowest BCUT2D eigenvalue weighted by Crippen LogP contribution is -2.45. The minimum atomic E-state index is -1.16. The first-order valence-corrected chi connectivity index (χ1v) is 6.79. The van der Waals surface area contributed by atoms with E-state index in [-0.39, 0.29) is 0 Å². The number of carboxylic acid groups (broad SMARTS) is 1. The lowest BCUT2D eigenvalue weighted by molar-refractivity contribution is -0.147. The highest BCUT2D eigenvalue weighted by molar-refractivity contribution is 6.06. The second kappa shape index (κ2) is 6.32. The van der Waals surface area contributed by atoms with Gasteiger partial charge in [-0.05, 0) is 12.0 Å². The van der Waals surface area contributed by atoms with E-state index < -0.39 is 23.8 Å². The average Bonchev–Trinajstić information content (AvgIpc) is 2.45. The number of nitrogens with one attached hydrogen (secondary N) is 1. The zero-order valence-electron chi connectivity index (χ0n) is 11.4. The van der Waals surface area contributed by atoms with Crippen molar-refractivity contribution in [3.63, 3.8) is 0 Å². The molecule has 0 fully saturated rings. The van der Waals surface area contributed by atoms with Crippen LogP contribution >= 0.6 is 0 Å². The molecule has 2 atom stereocenters. The Balaban J connectivity index is 2.30. The van der Waals surface area contributed by atoms with E-state index in [9.17, 15) is 14.7 Å². The minimum Gasteiger partial charge on any atom is -0.481 e. The largest absolute Gasteiger partial charge is 0.481 e. The summed E-state index contributed by atoms with van der Waals surface area (Å²) in [4.78, 5) is 27.2. The van der Waals surface area contributed by atoms with E-state index >= 15 is 0 Å². The summed E-state index contributed by atoms with van der Waals surface area (Å²) < 4.78 is 0. The number of benzene rings is 1. The van der Waals surface area contributed by atoms with E-state index in [0.717, 1.165) is 18.4 Å². The molecule has 2 rings (SSSR count). The van der Waals surface area contributed by atoms with Crippen LogP contribution in [-0.2, 0) is 9.59 Å². The first-order chi connectivity index (χ1) is 9.63. The van der Waals surface area contributed by atoms with E-state index in [1.54, 1.807) is 0 Å². The van der Waals surface area contributed by atoms with Crippen LogP contribution in [0, 0.1) is 5.92 Å². The second-order valence-electron chi connectivity index (χ2n) is 4.85. The lowest BCUT2D eigenvalue weighted by atomic mass is 9.90. The molecule has 5 heteroatoms. The maximum Gasteiger partial charge on any atom is 0.318 e. The molecule has 0 saturated carbocycles. The molecule has 2 N–H and O–H groups in total. The van der Waals surface area contributed by atoms with E-state index in [1.807, 2.05) is 30.3 Å². The quantitative estimate of drug-likeness (QED) is 0.806. The van der Waals surface area contributed by atoms with Gasteiger partial charge in [0.15, 0.2) is 5.92 Å². The normalized spacial score (nSPS) is 22.1. The number of aliphatic imine (C=N–C) groups is 1. The number of hydrogen-bond acceptors (Lipinski definition) is 3. The predicted octanol–water partition coefficient (Wildman–Crippen LogP) is 2.15. The number of aliphatic carboxylic acids is 1. The van der Waals surface area contributed by atoms with Crippen LogP contribution < -0.4 is 5.32 Å². The third-order valence-electron chi connectivity index (χ3n) is 3.36. The highest BCUT2D eigenvalue weighted by Gasteiger charge is 2.39. The van der Waals surface area contributed by atoms with Crippen LogP contribution in [0.3, 0.4) is 0 Å². The molecule has 106 valence electrons. The topological polar surface area (TPSA) is 78.8 Å². The highest BCUT2D eigenvalue weighted by atomic mass is 16.4. The number of amidine groups is 1. The Morgan fingerprint density at radius 2 is 2.05 bits per heavy atom. The fraction of sp³-hybridized carbons (Fsp3) is 0.400. The molecule has 0 saturated heterocycles. The molecule has 1 heterocycles. The number of hydrogen-bond donors (Lipinski definition) is 2. The van der Waals surface area contributed by atoms with Gasteiger partial charge in [-0.15, -0.1) is 0 Å². The number of unbranched alkanes of at least 4 members (excludes halogenated alkanes) is 1. The van der Waals surface area contributed by atoms with E-state index in [4.69, 9.17) is 0 Å². The summed E-state index contributed by atoms with van der Waals surface area (Å²) in [7, 11) is 0. The van der Waals surface area contributed by atoms with Crippen molar-refractivity contribution in [2.24, 2.45) is 10.9 Å². The van der Waals surface area contributed by atoms with Gasteiger partial charge in [-0.1, -0.05) is 43.7 Å². The number of rotatable bonds is 5. The van der Waals surface area contributed by atoms with Gasteiger partial charge >= 0.3 is 5.97 Å². The Morgan fingerprint density at radius 1 is 1.35 bits per heavy atom. The van der Waals surface area contributed by atoms with Crippen LogP contribution in [0.2, 0.25) is 0 Å². The van der Waals surface area contributed by atoms with Crippen molar-refractivity contribution in [1.29, 1.82) is 0 Å². The Hall–Kier alpha value is -2.17.